The van der Waals surface area contributed by atoms with Crippen LogP contribution in [0.3, 0.4) is 0 Å². The Hall–Kier alpha value is -2.40. The van der Waals surface area contributed by atoms with Gasteiger partial charge in [0.05, 0.1) is 12.7 Å². The molecule has 26 heavy (non-hydrogen) atoms. The smallest absolute Gasteiger partial charge is 0.0898 e. The van der Waals surface area contributed by atoms with Crippen molar-refractivity contribution in [3.05, 3.63) is 77.9 Å². The summed E-state index contributed by atoms with van der Waals surface area (Å²) in [6.45, 7) is 10.2. The number of rotatable bonds is 10. The summed E-state index contributed by atoms with van der Waals surface area (Å²) in [5.74, 6) is 0. The van der Waals surface area contributed by atoms with Gasteiger partial charge in [-0.05, 0) is 55.2 Å². The van der Waals surface area contributed by atoms with Crippen molar-refractivity contribution in [2.24, 2.45) is 0 Å². The Morgan fingerprint density at radius 3 is 2.92 bits per heavy atom. The van der Waals surface area contributed by atoms with Gasteiger partial charge in [0.1, 0.15) is 0 Å². The molecule has 2 N–H and O–H groups in total. The van der Waals surface area contributed by atoms with Gasteiger partial charge in [-0.1, -0.05) is 30.9 Å². The van der Waals surface area contributed by atoms with Gasteiger partial charge in [0.15, 0.2) is 0 Å². The third-order valence-electron chi connectivity index (χ3n) is 4.35. The van der Waals surface area contributed by atoms with E-state index in [-0.39, 0.29) is 12.7 Å². The van der Waals surface area contributed by atoms with Gasteiger partial charge in [-0.15, -0.1) is 0 Å². The Balaban J connectivity index is 2.00. The second-order valence-corrected chi connectivity index (χ2v) is 6.60. The molecule has 0 spiro atoms. The van der Waals surface area contributed by atoms with Crippen molar-refractivity contribution in [1.29, 1.82) is 0 Å². The zero-order chi connectivity index (χ0) is 18.9. The van der Waals surface area contributed by atoms with Crippen LogP contribution in [-0.2, 0) is 13.0 Å². The normalized spacial score (nSPS) is 16.8. The third-order valence-corrected chi connectivity index (χ3v) is 4.35. The number of hydrogen-bond donors (Lipinski definition) is 2. The van der Waals surface area contributed by atoms with Crippen LogP contribution in [0, 0.1) is 6.92 Å². The number of aromatic nitrogens is 1. The molecule has 0 amide bonds. The molecule has 1 unspecified atom stereocenters. The van der Waals surface area contributed by atoms with Gasteiger partial charge in [-0.25, -0.2) is 5.43 Å². The molecule has 2 heterocycles. The van der Waals surface area contributed by atoms with Crippen molar-refractivity contribution in [1.82, 2.24) is 20.7 Å². The van der Waals surface area contributed by atoms with E-state index in [2.05, 4.69) is 41.0 Å². The minimum Gasteiger partial charge on any atom is -0.387 e. The number of hydrogen-bond acceptors (Lipinski definition) is 4. The highest BCUT2D eigenvalue weighted by Crippen LogP contribution is 2.18. The van der Waals surface area contributed by atoms with Gasteiger partial charge in [-0.2, -0.15) is 0 Å². The monoisotopic (exact) mass is 356 g/mol. The number of nitrogens with zero attached hydrogens (tertiary/aromatic N) is 2. The van der Waals surface area contributed by atoms with E-state index >= 15 is 0 Å². The van der Waals surface area contributed by atoms with Gasteiger partial charge in [0.2, 0.25) is 0 Å². The standard InChI is InChI=1S/C21H29FN4/c1-5-16(2)11-19(21-8-10-26(4)25-21)15-23-13-18-12-17(3)20(24-14-18)7-6-9-22/h5,8,10,12,14-15,21,23,25H,1-2,6-7,9,11,13H2,3-4H3/b19-15-. The van der Waals surface area contributed by atoms with Gasteiger partial charge in [0.25, 0.3) is 0 Å². The predicted molar refractivity (Wildman–Crippen MR) is 106 cm³/mol. The lowest BCUT2D eigenvalue weighted by Gasteiger charge is -2.18. The Labute approximate surface area is 156 Å². The molecule has 0 fully saturated rings. The van der Waals surface area contributed by atoms with E-state index in [1.807, 2.05) is 37.6 Å². The molecule has 140 valence electrons. The number of hydrazine groups is 1. The number of pyridine rings is 1. The van der Waals surface area contributed by atoms with Crippen LogP contribution in [0.25, 0.3) is 0 Å². The molecule has 4 nitrogen and oxygen atoms in total. The molecular formula is C21H29FN4. The van der Waals surface area contributed by atoms with Crippen LogP contribution in [-0.4, -0.2) is 29.8 Å². The van der Waals surface area contributed by atoms with E-state index in [1.54, 1.807) is 6.08 Å². The van der Waals surface area contributed by atoms with Crippen molar-refractivity contribution in [3.63, 3.8) is 0 Å². The van der Waals surface area contributed by atoms with Crippen LogP contribution >= 0.6 is 0 Å². The van der Waals surface area contributed by atoms with Crippen LogP contribution in [0.2, 0.25) is 0 Å². The van der Waals surface area contributed by atoms with E-state index in [0.29, 0.717) is 19.4 Å². The molecule has 0 saturated carbocycles. The number of halogens is 1. The summed E-state index contributed by atoms with van der Waals surface area (Å²) in [7, 11) is 1.97. The van der Waals surface area contributed by atoms with Crippen molar-refractivity contribution in [2.75, 3.05) is 13.7 Å². The van der Waals surface area contributed by atoms with Gasteiger partial charge < -0.3 is 10.3 Å². The minimum absolute atomic E-state index is 0.145. The molecule has 5 heteroatoms. The second-order valence-electron chi connectivity index (χ2n) is 6.60. The first kappa shape index (κ1) is 19.9. The molecule has 1 atom stereocenters. The van der Waals surface area contributed by atoms with Gasteiger partial charge >= 0.3 is 0 Å². The first-order valence-corrected chi connectivity index (χ1v) is 8.93. The SMILES string of the molecule is C=CC(=C)C/C(=C/NCc1cnc(CCCF)c(C)c1)C1C=CN(C)N1. The van der Waals surface area contributed by atoms with E-state index in [0.717, 1.165) is 28.8 Å². The summed E-state index contributed by atoms with van der Waals surface area (Å²) in [4.78, 5) is 4.48. The first-order chi connectivity index (χ1) is 12.5. The van der Waals surface area contributed by atoms with Crippen LogP contribution in [0.15, 0.2) is 61.1 Å². The number of nitrogens with one attached hydrogen (secondary N) is 2. The Kier molecular flexibility index (Phi) is 7.60. The maximum Gasteiger partial charge on any atom is 0.0898 e. The summed E-state index contributed by atoms with van der Waals surface area (Å²) in [6, 6.07) is 2.26. The van der Waals surface area contributed by atoms with Crippen LogP contribution in [0.1, 0.15) is 29.7 Å². The number of alkyl halides is 1. The largest absolute Gasteiger partial charge is 0.387 e. The Morgan fingerprint density at radius 1 is 1.50 bits per heavy atom. The summed E-state index contributed by atoms with van der Waals surface area (Å²) < 4.78 is 12.3. The lowest BCUT2D eigenvalue weighted by molar-refractivity contribution is 0.343. The van der Waals surface area contributed by atoms with Crippen molar-refractivity contribution in [2.45, 2.75) is 38.8 Å². The zero-order valence-corrected chi connectivity index (χ0v) is 15.8. The predicted octanol–water partition coefficient (Wildman–Crippen LogP) is 3.73. The minimum atomic E-state index is -0.299. The molecule has 0 aliphatic carbocycles. The van der Waals surface area contributed by atoms with Crippen LogP contribution < -0.4 is 10.7 Å². The molecule has 1 aromatic rings. The second kappa shape index (κ2) is 9.92. The Morgan fingerprint density at radius 2 is 2.31 bits per heavy atom. The molecule has 1 aromatic heterocycles. The van der Waals surface area contributed by atoms with E-state index in [4.69, 9.17) is 0 Å². The van der Waals surface area contributed by atoms with E-state index in [9.17, 15) is 4.39 Å². The highest BCUT2D eigenvalue weighted by Gasteiger charge is 2.17. The quantitative estimate of drug-likeness (QED) is 0.627. The molecule has 0 bridgehead atoms. The fourth-order valence-corrected chi connectivity index (χ4v) is 2.87. The van der Waals surface area contributed by atoms with Crippen molar-refractivity contribution >= 4 is 0 Å². The fourth-order valence-electron chi connectivity index (χ4n) is 2.87. The van der Waals surface area contributed by atoms with E-state index < -0.39 is 0 Å². The maximum atomic E-state index is 12.3. The highest BCUT2D eigenvalue weighted by atomic mass is 19.1. The van der Waals surface area contributed by atoms with Crippen LogP contribution in [0.5, 0.6) is 0 Å². The maximum absolute atomic E-state index is 12.3. The molecule has 0 radical (unpaired) electrons. The van der Waals surface area contributed by atoms with Gasteiger partial charge in [-0.3, -0.25) is 9.37 Å². The van der Waals surface area contributed by atoms with E-state index in [1.165, 1.54) is 5.57 Å². The lowest BCUT2D eigenvalue weighted by Crippen LogP contribution is -2.34. The number of allylic oxidation sites excluding steroid dienone is 2. The molecule has 0 saturated heterocycles. The average molecular weight is 356 g/mol. The Bertz CT molecular complexity index is 693. The van der Waals surface area contributed by atoms with Crippen LogP contribution in [0.4, 0.5) is 4.39 Å². The number of aryl methyl sites for hydroxylation is 2. The molecular weight excluding hydrogens is 327 g/mol. The third kappa shape index (κ3) is 5.85. The first-order valence-electron chi connectivity index (χ1n) is 8.93. The highest BCUT2D eigenvalue weighted by molar-refractivity contribution is 5.29. The molecule has 1 aliphatic heterocycles. The summed E-state index contributed by atoms with van der Waals surface area (Å²) >= 11 is 0. The average Bonchev–Trinajstić information content (AvgIpc) is 3.06. The molecule has 2 rings (SSSR count). The summed E-state index contributed by atoms with van der Waals surface area (Å²) in [5, 5.41) is 5.33. The summed E-state index contributed by atoms with van der Waals surface area (Å²) in [6.07, 6.45) is 11.8. The fraction of sp³-hybridized carbons (Fsp3) is 0.381. The lowest BCUT2D eigenvalue weighted by atomic mass is 10.0. The van der Waals surface area contributed by atoms with Crippen molar-refractivity contribution in [3.8, 4) is 0 Å². The van der Waals surface area contributed by atoms with Gasteiger partial charge in [0, 0.05) is 31.7 Å². The molecule has 0 aromatic carbocycles. The zero-order valence-electron chi connectivity index (χ0n) is 15.8. The molecule has 1 aliphatic rings. The summed E-state index contributed by atoms with van der Waals surface area (Å²) in [5.41, 5.74) is 8.74. The topological polar surface area (TPSA) is 40.2 Å². The van der Waals surface area contributed by atoms with Crippen molar-refractivity contribution < 1.29 is 4.39 Å².